The molecule has 0 N–H and O–H groups in total. The van der Waals surface area contributed by atoms with Crippen LogP contribution in [0.4, 0.5) is 0 Å². The molecule has 0 amide bonds. The smallest absolute Gasteiger partial charge is 0.186 e. The molecular weight excluding hydrogens is 194 g/mol. The fourth-order valence-electron chi connectivity index (χ4n) is 1.88. The lowest BCUT2D eigenvalue weighted by Gasteiger charge is -2.10. The summed E-state index contributed by atoms with van der Waals surface area (Å²) in [5.41, 5.74) is 1.32. The van der Waals surface area contributed by atoms with Crippen LogP contribution in [0.15, 0.2) is 73.6 Å². The molecule has 1 heteroatoms. The Labute approximate surface area is 96.7 Å². The number of allylic oxidation sites excluding steroid dienone is 1. The molecule has 16 heavy (non-hydrogen) atoms. The molecule has 2 rings (SSSR count). The van der Waals surface area contributed by atoms with E-state index in [9.17, 15) is 0 Å². The molecule has 1 nitrogen and oxygen atoms in total. The summed E-state index contributed by atoms with van der Waals surface area (Å²) < 4.78 is 2.22. The standard InChI is InChI=1S/C15H16N/c1-2-9-15(14-10-5-3-6-11-14)16-12-7-4-8-13-16/h2-8,10-13,15H,1,9H2/q+1. The second-order valence-electron chi connectivity index (χ2n) is 3.77. The number of hydrogen-bond donors (Lipinski definition) is 0. The molecule has 1 unspecified atom stereocenters. The highest BCUT2D eigenvalue weighted by Crippen LogP contribution is 2.15. The van der Waals surface area contributed by atoms with Crippen LogP contribution in [0.3, 0.4) is 0 Å². The van der Waals surface area contributed by atoms with E-state index in [0.717, 1.165) is 6.42 Å². The van der Waals surface area contributed by atoms with Crippen LogP contribution in [0.2, 0.25) is 0 Å². The molecule has 0 spiro atoms. The van der Waals surface area contributed by atoms with E-state index in [4.69, 9.17) is 0 Å². The predicted molar refractivity (Wildman–Crippen MR) is 66.0 cm³/mol. The third-order valence-corrected chi connectivity index (χ3v) is 2.67. The Kier molecular flexibility index (Phi) is 3.50. The van der Waals surface area contributed by atoms with Gasteiger partial charge in [-0.2, -0.15) is 4.57 Å². The summed E-state index contributed by atoms with van der Waals surface area (Å²) in [6.07, 6.45) is 7.11. The zero-order valence-corrected chi connectivity index (χ0v) is 9.29. The summed E-state index contributed by atoms with van der Waals surface area (Å²) in [7, 11) is 0. The van der Waals surface area contributed by atoms with Gasteiger partial charge in [-0.05, 0) is 0 Å². The van der Waals surface area contributed by atoms with Gasteiger partial charge in [0.25, 0.3) is 0 Å². The number of nitrogens with zero attached hydrogens (tertiary/aromatic N) is 1. The minimum atomic E-state index is 0.347. The summed E-state index contributed by atoms with van der Waals surface area (Å²) in [6.45, 7) is 3.84. The molecule has 2 aromatic rings. The highest BCUT2D eigenvalue weighted by Gasteiger charge is 2.17. The molecular formula is C15H16N+. The van der Waals surface area contributed by atoms with E-state index in [0.29, 0.717) is 6.04 Å². The second kappa shape index (κ2) is 5.26. The molecule has 1 aromatic heterocycles. The first-order valence-corrected chi connectivity index (χ1v) is 5.53. The quantitative estimate of drug-likeness (QED) is 0.539. The van der Waals surface area contributed by atoms with Crippen LogP contribution in [-0.2, 0) is 0 Å². The summed E-state index contributed by atoms with van der Waals surface area (Å²) in [5, 5.41) is 0. The summed E-state index contributed by atoms with van der Waals surface area (Å²) in [6, 6.07) is 17.0. The first-order valence-electron chi connectivity index (χ1n) is 5.53. The van der Waals surface area contributed by atoms with Gasteiger partial charge in [-0.25, -0.2) is 0 Å². The summed E-state index contributed by atoms with van der Waals surface area (Å²) >= 11 is 0. The van der Waals surface area contributed by atoms with Crippen LogP contribution in [0.5, 0.6) is 0 Å². The van der Waals surface area contributed by atoms with E-state index < -0.39 is 0 Å². The molecule has 1 atom stereocenters. The monoisotopic (exact) mass is 210 g/mol. The number of aromatic nitrogens is 1. The topological polar surface area (TPSA) is 3.88 Å². The summed E-state index contributed by atoms with van der Waals surface area (Å²) in [4.78, 5) is 0. The normalized spacial score (nSPS) is 12.0. The Morgan fingerprint density at radius 1 is 1.00 bits per heavy atom. The second-order valence-corrected chi connectivity index (χ2v) is 3.77. The molecule has 80 valence electrons. The number of hydrogen-bond acceptors (Lipinski definition) is 0. The number of pyridine rings is 1. The maximum Gasteiger partial charge on any atom is 0.186 e. The van der Waals surface area contributed by atoms with Crippen molar-refractivity contribution in [1.29, 1.82) is 0 Å². The van der Waals surface area contributed by atoms with Crippen molar-refractivity contribution in [1.82, 2.24) is 0 Å². The molecule has 1 heterocycles. The van der Waals surface area contributed by atoms with Crippen molar-refractivity contribution in [3.63, 3.8) is 0 Å². The Morgan fingerprint density at radius 3 is 2.25 bits per heavy atom. The molecule has 1 aromatic carbocycles. The summed E-state index contributed by atoms with van der Waals surface area (Å²) in [5.74, 6) is 0. The molecule has 0 aliphatic heterocycles. The largest absolute Gasteiger partial charge is 0.198 e. The van der Waals surface area contributed by atoms with E-state index in [1.54, 1.807) is 0 Å². The first-order chi connectivity index (χ1) is 7.92. The Morgan fingerprint density at radius 2 is 1.62 bits per heavy atom. The van der Waals surface area contributed by atoms with Crippen LogP contribution in [0.25, 0.3) is 0 Å². The van der Waals surface area contributed by atoms with E-state index in [1.807, 2.05) is 18.2 Å². The molecule has 0 radical (unpaired) electrons. The lowest BCUT2D eigenvalue weighted by Crippen LogP contribution is -2.38. The van der Waals surface area contributed by atoms with Gasteiger partial charge in [0.15, 0.2) is 18.4 Å². The van der Waals surface area contributed by atoms with E-state index >= 15 is 0 Å². The van der Waals surface area contributed by atoms with Crippen LogP contribution < -0.4 is 4.57 Å². The van der Waals surface area contributed by atoms with Gasteiger partial charge in [0.2, 0.25) is 0 Å². The first kappa shape index (κ1) is 10.6. The predicted octanol–water partition coefficient (Wildman–Crippen LogP) is 3.14. The van der Waals surface area contributed by atoms with Crippen LogP contribution in [0.1, 0.15) is 18.0 Å². The Hall–Kier alpha value is -1.89. The molecule has 0 fully saturated rings. The average Bonchev–Trinajstić information content (AvgIpc) is 2.38. The molecule has 0 aliphatic carbocycles. The highest BCUT2D eigenvalue weighted by atomic mass is 15.0. The van der Waals surface area contributed by atoms with Gasteiger partial charge in [0.05, 0.1) is 0 Å². The maximum absolute atomic E-state index is 3.84. The van der Waals surface area contributed by atoms with Crippen LogP contribution in [-0.4, -0.2) is 0 Å². The minimum absolute atomic E-state index is 0.347. The van der Waals surface area contributed by atoms with Crippen molar-refractivity contribution < 1.29 is 4.57 Å². The third kappa shape index (κ3) is 2.37. The zero-order valence-electron chi connectivity index (χ0n) is 9.29. The van der Waals surface area contributed by atoms with Gasteiger partial charge >= 0.3 is 0 Å². The van der Waals surface area contributed by atoms with E-state index in [-0.39, 0.29) is 0 Å². The SMILES string of the molecule is C=CCC(c1ccccc1)[n+]1ccccc1. The fourth-order valence-corrected chi connectivity index (χ4v) is 1.88. The van der Waals surface area contributed by atoms with Crippen LogP contribution in [0, 0.1) is 0 Å². The van der Waals surface area contributed by atoms with Crippen molar-refractivity contribution in [3.05, 3.63) is 79.1 Å². The van der Waals surface area contributed by atoms with Crippen LogP contribution >= 0.6 is 0 Å². The maximum atomic E-state index is 3.84. The Balaban J connectivity index is 2.35. The molecule has 0 saturated carbocycles. The van der Waals surface area contributed by atoms with Gasteiger partial charge in [0.1, 0.15) is 0 Å². The number of rotatable bonds is 4. The fraction of sp³-hybridized carbons (Fsp3) is 0.133. The highest BCUT2D eigenvalue weighted by molar-refractivity contribution is 5.17. The van der Waals surface area contributed by atoms with Crippen molar-refractivity contribution in [2.45, 2.75) is 12.5 Å². The van der Waals surface area contributed by atoms with Gasteiger partial charge < -0.3 is 0 Å². The lowest BCUT2D eigenvalue weighted by atomic mass is 10.0. The number of benzene rings is 1. The van der Waals surface area contributed by atoms with Gasteiger partial charge in [-0.3, -0.25) is 0 Å². The molecule has 0 aliphatic rings. The lowest BCUT2D eigenvalue weighted by molar-refractivity contribution is -0.713. The van der Waals surface area contributed by atoms with Gasteiger partial charge in [-0.1, -0.05) is 42.5 Å². The third-order valence-electron chi connectivity index (χ3n) is 2.67. The minimum Gasteiger partial charge on any atom is -0.198 e. The molecule has 0 bridgehead atoms. The van der Waals surface area contributed by atoms with E-state index in [1.165, 1.54) is 5.56 Å². The van der Waals surface area contributed by atoms with Gasteiger partial charge in [-0.15, -0.1) is 6.58 Å². The van der Waals surface area contributed by atoms with Gasteiger partial charge in [0, 0.05) is 24.1 Å². The van der Waals surface area contributed by atoms with Crippen molar-refractivity contribution >= 4 is 0 Å². The van der Waals surface area contributed by atoms with E-state index in [2.05, 4.69) is 59.9 Å². The van der Waals surface area contributed by atoms with Crippen molar-refractivity contribution in [2.75, 3.05) is 0 Å². The zero-order chi connectivity index (χ0) is 11.2. The molecule has 0 saturated heterocycles. The average molecular weight is 210 g/mol. The Bertz CT molecular complexity index is 394. The van der Waals surface area contributed by atoms with Crippen molar-refractivity contribution in [2.24, 2.45) is 0 Å². The van der Waals surface area contributed by atoms with Crippen molar-refractivity contribution in [3.8, 4) is 0 Å².